The van der Waals surface area contributed by atoms with Crippen LogP contribution in [0.25, 0.3) is 10.9 Å². The number of nitrogens with one attached hydrogen (secondary N) is 1. The molecule has 0 bridgehead atoms. The molecule has 0 spiro atoms. The number of hydrogen-bond donors (Lipinski definition) is 1. The van der Waals surface area contributed by atoms with E-state index < -0.39 is 5.82 Å². The van der Waals surface area contributed by atoms with Crippen LogP contribution in [0.1, 0.15) is 16.8 Å². The van der Waals surface area contributed by atoms with Crippen molar-refractivity contribution in [1.82, 2.24) is 24.1 Å². The molecule has 5 rings (SSSR count). The van der Waals surface area contributed by atoms with Crippen molar-refractivity contribution in [2.45, 2.75) is 26.6 Å². The first-order chi connectivity index (χ1) is 17.8. The van der Waals surface area contributed by atoms with Gasteiger partial charge in [0.1, 0.15) is 12.4 Å². The Morgan fingerprint density at radius 2 is 1.73 bits per heavy atom. The lowest BCUT2D eigenvalue weighted by molar-refractivity contribution is -0.133. The summed E-state index contributed by atoms with van der Waals surface area (Å²) in [4.78, 5) is 43.2. The van der Waals surface area contributed by atoms with Gasteiger partial charge in [-0.25, -0.2) is 9.07 Å². The third kappa shape index (κ3) is 5.23. The van der Waals surface area contributed by atoms with Crippen LogP contribution in [-0.4, -0.2) is 56.2 Å². The molecule has 0 radical (unpaired) electrons. The van der Waals surface area contributed by atoms with Crippen LogP contribution in [0, 0.1) is 12.7 Å². The van der Waals surface area contributed by atoms with Gasteiger partial charge in [0.05, 0.1) is 17.4 Å². The predicted molar refractivity (Wildman–Crippen MR) is 140 cm³/mol. The molecule has 0 aliphatic carbocycles. The Hall–Kier alpha value is -3.69. The highest BCUT2D eigenvalue weighted by Crippen LogP contribution is 2.19. The van der Waals surface area contributed by atoms with Gasteiger partial charge >= 0.3 is 0 Å². The van der Waals surface area contributed by atoms with Crippen molar-refractivity contribution in [2.75, 3.05) is 26.2 Å². The van der Waals surface area contributed by atoms with Crippen LogP contribution < -0.4 is 11.1 Å². The summed E-state index contributed by atoms with van der Waals surface area (Å²) in [5, 5.41) is 3.48. The Kier molecular flexibility index (Phi) is 6.99. The van der Waals surface area contributed by atoms with E-state index in [0.29, 0.717) is 35.2 Å². The molecular weight excluding hydrogens is 497 g/mol. The molecule has 1 aliphatic heterocycles. The molecule has 1 aliphatic rings. The number of rotatable bonds is 6. The van der Waals surface area contributed by atoms with Crippen LogP contribution in [-0.2, 0) is 24.4 Å². The highest BCUT2D eigenvalue weighted by Gasteiger charge is 2.23. The van der Waals surface area contributed by atoms with Gasteiger partial charge in [0, 0.05) is 49.5 Å². The maximum atomic E-state index is 13.4. The van der Waals surface area contributed by atoms with Crippen LogP contribution >= 0.6 is 11.6 Å². The lowest BCUT2D eigenvalue weighted by atomic mass is 10.2. The molecule has 1 N–H and O–H groups in total. The van der Waals surface area contributed by atoms with Crippen molar-refractivity contribution in [1.29, 1.82) is 0 Å². The van der Waals surface area contributed by atoms with Gasteiger partial charge in [-0.05, 0) is 30.2 Å². The van der Waals surface area contributed by atoms with E-state index in [1.54, 1.807) is 11.8 Å². The minimum atomic E-state index is -0.465. The van der Waals surface area contributed by atoms with Crippen molar-refractivity contribution in [3.8, 4) is 0 Å². The topological polar surface area (TPSA) is 83.3 Å². The van der Waals surface area contributed by atoms with Crippen molar-refractivity contribution >= 4 is 28.4 Å². The Morgan fingerprint density at radius 3 is 2.43 bits per heavy atom. The number of aromatic nitrogens is 3. The summed E-state index contributed by atoms with van der Waals surface area (Å²) < 4.78 is 16.1. The predicted octanol–water partition coefficient (Wildman–Crippen LogP) is 2.98. The molecule has 8 nitrogen and oxygen atoms in total. The number of nitrogens with zero attached hydrogens (tertiary/aromatic N) is 4. The van der Waals surface area contributed by atoms with Crippen LogP contribution in [0.3, 0.4) is 0 Å². The number of pyridine rings is 1. The van der Waals surface area contributed by atoms with E-state index in [-0.39, 0.29) is 35.1 Å². The van der Waals surface area contributed by atoms with Crippen molar-refractivity contribution in [3.05, 3.63) is 103 Å². The number of aryl methyl sites for hydroxylation is 1. The van der Waals surface area contributed by atoms with Crippen molar-refractivity contribution in [2.24, 2.45) is 0 Å². The lowest BCUT2D eigenvalue weighted by Crippen LogP contribution is -2.49. The standard InChI is InChI=1S/C27H27ClFN5O3/c1-18-26-23(30-34(27(26)37)16-20-7-8-21(29)13-22(20)28)14-24(35)33(18)17-25(36)32-11-9-31(10-12-32)15-19-5-3-2-4-6-19/h2-8,13-14,30H,9-12,15-17H2,1H3. The molecule has 10 heteroatoms. The average molecular weight is 524 g/mol. The molecular formula is C27H27ClFN5O3. The normalized spacial score (nSPS) is 14.4. The molecule has 0 unspecified atom stereocenters. The summed E-state index contributed by atoms with van der Waals surface area (Å²) in [6.07, 6.45) is 0. The molecule has 37 heavy (non-hydrogen) atoms. The van der Waals surface area contributed by atoms with Crippen LogP contribution in [0.2, 0.25) is 5.02 Å². The van der Waals surface area contributed by atoms with Gasteiger partial charge in [-0.3, -0.25) is 24.4 Å². The Morgan fingerprint density at radius 1 is 1.00 bits per heavy atom. The fourth-order valence-corrected chi connectivity index (χ4v) is 5.05. The second-order valence-corrected chi connectivity index (χ2v) is 9.73. The van der Waals surface area contributed by atoms with Gasteiger partial charge in [-0.2, -0.15) is 0 Å². The van der Waals surface area contributed by atoms with E-state index in [4.69, 9.17) is 11.6 Å². The van der Waals surface area contributed by atoms with Gasteiger partial charge in [0.25, 0.3) is 11.1 Å². The molecule has 192 valence electrons. The summed E-state index contributed by atoms with van der Waals surface area (Å²) in [5.74, 6) is -0.620. The number of hydrogen-bond acceptors (Lipinski definition) is 4. The number of benzene rings is 2. The third-order valence-corrected chi connectivity index (χ3v) is 7.25. The first-order valence-corrected chi connectivity index (χ1v) is 12.5. The number of fused-ring (bicyclic) bond motifs is 1. The number of amides is 1. The molecule has 3 heterocycles. The van der Waals surface area contributed by atoms with E-state index in [0.717, 1.165) is 19.6 Å². The lowest BCUT2D eigenvalue weighted by Gasteiger charge is -2.35. The molecule has 2 aromatic heterocycles. The number of halogens is 2. The first-order valence-electron chi connectivity index (χ1n) is 12.1. The van der Waals surface area contributed by atoms with Crippen molar-refractivity contribution in [3.63, 3.8) is 0 Å². The van der Waals surface area contributed by atoms with Crippen LogP contribution in [0.15, 0.2) is 64.2 Å². The molecule has 1 fully saturated rings. The van der Waals surface area contributed by atoms with Gasteiger partial charge in [-0.15, -0.1) is 0 Å². The molecule has 2 aromatic carbocycles. The SMILES string of the molecule is Cc1c2c(=O)n(Cc3ccc(F)cc3Cl)[nH]c2cc(=O)n1CC(=O)N1CCN(Cc2ccccc2)CC1. The summed E-state index contributed by atoms with van der Waals surface area (Å²) >= 11 is 6.12. The highest BCUT2D eigenvalue weighted by molar-refractivity contribution is 6.31. The average Bonchev–Trinajstić information content (AvgIpc) is 3.19. The number of carbonyl (C=O) groups excluding carboxylic acids is 1. The second kappa shape index (κ2) is 10.4. The Balaban J connectivity index is 1.31. The zero-order valence-electron chi connectivity index (χ0n) is 20.4. The Labute approximate surface area is 217 Å². The van der Waals surface area contributed by atoms with E-state index in [2.05, 4.69) is 22.1 Å². The molecule has 1 saturated heterocycles. The van der Waals surface area contributed by atoms with E-state index in [1.807, 2.05) is 18.2 Å². The number of H-pyrrole nitrogens is 1. The van der Waals surface area contributed by atoms with Crippen LogP contribution in [0.5, 0.6) is 0 Å². The fourth-order valence-electron chi connectivity index (χ4n) is 4.82. The summed E-state index contributed by atoms with van der Waals surface area (Å²) in [6, 6.07) is 15.5. The first kappa shape index (κ1) is 25.0. The summed E-state index contributed by atoms with van der Waals surface area (Å²) in [6.45, 7) is 5.12. The second-order valence-electron chi connectivity index (χ2n) is 9.32. The number of carbonyl (C=O) groups is 1. The zero-order valence-corrected chi connectivity index (χ0v) is 21.2. The molecule has 4 aromatic rings. The minimum Gasteiger partial charge on any atom is -0.339 e. The maximum absolute atomic E-state index is 13.4. The van der Waals surface area contributed by atoms with Gasteiger partial charge in [0.2, 0.25) is 5.91 Å². The summed E-state index contributed by atoms with van der Waals surface area (Å²) in [5.41, 5.74) is 1.88. The van der Waals surface area contributed by atoms with E-state index in [1.165, 1.54) is 39.1 Å². The number of piperazine rings is 1. The number of aromatic amines is 1. The molecule has 1 amide bonds. The zero-order chi connectivity index (χ0) is 26.1. The van der Waals surface area contributed by atoms with Gasteiger partial charge < -0.3 is 9.47 Å². The monoisotopic (exact) mass is 523 g/mol. The van der Waals surface area contributed by atoms with Gasteiger partial charge in [-0.1, -0.05) is 48.0 Å². The minimum absolute atomic E-state index is 0.0897. The van der Waals surface area contributed by atoms with Gasteiger partial charge in [0.15, 0.2) is 0 Å². The fraction of sp³-hybridized carbons (Fsp3) is 0.296. The van der Waals surface area contributed by atoms with Crippen molar-refractivity contribution < 1.29 is 9.18 Å². The third-order valence-electron chi connectivity index (χ3n) is 6.90. The van der Waals surface area contributed by atoms with Crippen LogP contribution in [0.4, 0.5) is 4.39 Å². The Bertz CT molecular complexity index is 1570. The maximum Gasteiger partial charge on any atom is 0.276 e. The molecule has 0 saturated carbocycles. The highest BCUT2D eigenvalue weighted by atomic mass is 35.5. The quantitative estimate of drug-likeness (QED) is 0.421. The largest absolute Gasteiger partial charge is 0.339 e. The summed E-state index contributed by atoms with van der Waals surface area (Å²) in [7, 11) is 0. The smallest absolute Gasteiger partial charge is 0.276 e. The van der Waals surface area contributed by atoms with E-state index in [9.17, 15) is 18.8 Å². The molecule has 0 atom stereocenters. The van der Waals surface area contributed by atoms with E-state index >= 15 is 0 Å².